The number of hydrogen-bond donors (Lipinski definition) is 4. The van der Waals surface area contributed by atoms with Gasteiger partial charge in [0.25, 0.3) is 0 Å². The van der Waals surface area contributed by atoms with Gasteiger partial charge in [0.1, 0.15) is 23.7 Å². The van der Waals surface area contributed by atoms with Gasteiger partial charge in [-0.1, -0.05) is 83.1 Å². The Labute approximate surface area is 444 Å². The normalized spacial score (nSPS) is 18.9. The number of nitrogens with one attached hydrogen (secondary N) is 4. The van der Waals surface area contributed by atoms with Crippen molar-refractivity contribution in [1.82, 2.24) is 40.4 Å². The van der Waals surface area contributed by atoms with E-state index in [1.165, 1.54) is 22.3 Å². The molecule has 20 heteroatoms. The van der Waals surface area contributed by atoms with Gasteiger partial charge in [-0.05, 0) is 131 Å². The number of ether oxygens (including phenoxy) is 2. The zero-order valence-corrected chi connectivity index (χ0v) is 44.4. The second-order valence-corrected chi connectivity index (χ2v) is 22.3. The molecule has 5 atom stereocenters. The van der Waals surface area contributed by atoms with Crippen LogP contribution in [0.15, 0.2) is 72.8 Å². The molecule has 4 aliphatic carbocycles. The molecule has 4 bridgehead atoms. The van der Waals surface area contributed by atoms with Crippen LogP contribution in [0.25, 0.3) is 44.3 Å². The van der Waals surface area contributed by atoms with Crippen molar-refractivity contribution in [1.29, 1.82) is 0 Å². The summed E-state index contributed by atoms with van der Waals surface area (Å²) in [6, 6.07) is 22.9. The number of likely N-dealkylation sites (tertiary alicyclic amines) is 2. The molecule has 0 spiro atoms. The maximum Gasteiger partial charge on any atom is 0.422 e. The van der Waals surface area contributed by atoms with E-state index in [-0.39, 0.29) is 23.8 Å². The Kier molecular flexibility index (Phi) is 15.5. The number of carbonyl (C=O) groups excluding carboxylic acids is 4. The summed E-state index contributed by atoms with van der Waals surface area (Å²) in [5, 5.41) is 4.87. The predicted octanol–water partition coefficient (Wildman–Crippen LogP) is 11.6. The van der Waals surface area contributed by atoms with Crippen molar-refractivity contribution in [3.8, 4) is 22.3 Å². The van der Waals surface area contributed by atoms with E-state index >= 15 is 0 Å². The first kappa shape index (κ1) is 53.5. The van der Waals surface area contributed by atoms with Gasteiger partial charge in [-0.25, -0.2) is 19.6 Å². The number of fused-ring (bicyclic) bond motifs is 2. The van der Waals surface area contributed by atoms with E-state index in [4.69, 9.17) is 14.7 Å². The number of benzene rings is 4. The number of halogens is 6. The van der Waals surface area contributed by atoms with Crippen molar-refractivity contribution in [3.05, 3.63) is 107 Å². The molecule has 2 saturated heterocycles. The minimum absolute atomic E-state index is 0.137. The van der Waals surface area contributed by atoms with Crippen LogP contribution in [-0.2, 0) is 38.3 Å². The van der Waals surface area contributed by atoms with Gasteiger partial charge in [0, 0.05) is 35.7 Å². The van der Waals surface area contributed by atoms with Gasteiger partial charge >= 0.3 is 22.3 Å². The summed E-state index contributed by atoms with van der Waals surface area (Å²) in [7, 11) is 0. The van der Waals surface area contributed by atoms with E-state index in [1.807, 2.05) is 12.1 Å². The number of rotatable bonds is 13. The second-order valence-electron chi connectivity index (χ2n) is 20.7. The molecule has 14 nitrogen and oxygen atoms in total. The number of imidazole rings is 2. The number of carbonyl (C=O) groups is 4. The number of aryl methyl sites for hydroxylation is 2. The number of H-pyrrole nitrogens is 2. The molecule has 4 heterocycles. The van der Waals surface area contributed by atoms with Gasteiger partial charge in [-0.3, -0.25) is 9.59 Å². The number of aromatic amines is 2. The molecule has 12 rings (SSSR count). The maximum atomic E-state index is 14.0. The number of alkyl halides is 6. The van der Waals surface area contributed by atoms with Crippen molar-refractivity contribution in [2.24, 2.45) is 11.8 Å². The van der Waals surface area contributed by atoms with Crippen LogP contribution < -0.4 is 10.6 Å². The molecule has 2 fully saturated rings. The molecule has 2 aliphatic heterocycles. The number of hydrogen-bond acceptors (Lipinski definition) is 8. The highest BCUT2D eigenvalue weighted by atomic mass is 127. The molecule has 0 unspecified atom stereocenters. The molecule has 4 aromatic carbocycles. The third kappa shape index (κ3) is 12.2. The Morgan fingerprint density at radius 3 is 1.69 bits per heavy atom. The van der Waals surface area contributed by atoms with Crippen molar-refractivity contribution >= 4 is 68.7 Å². The zero-order valence-electron chi connectivity index (χ0n) is 42.3. The van der Waals surface area contributed by atoms with Gasteiger partial charge in [0.2, 0.25) is 11.8 Å². The highest BCUT2D eigenvalue weighted by Gasteiger charge is 2.40. The minimum Gasteiger partial charge on any atom is -0.442 e. The van der Waals surface area contributed by atoms with Crippen LogP contribution in [0.2, 0.25) is 0 Å². The molecule has 398 valence electrons. The topological polar surface area (TPSA) is 175 Å². The largest absolute Gasteiger partial charge is 0.442 e. The average Bonchev–Trinajstić information content (AvgIpc) is 4.21. The van der Waals surface area contributed by atoms with Gasteiger partial charge in [-0.2, -0.15) is 22.0 Å². The number of nitrogens with zero attached hydrogens (tertiary/aromatic N) is 4. The van der Waals surface area contributed by atoms with Crippen LogP contribution in [0, 0.1) is 11.8 Å². The summed E-state index contributed by atoms with van der Waals surface area (Å²) in [5.74, 6) is -0.134. The van der Waals surface area contributed by atoms with Crippen LogP contribution in [-0.4, -0.2) is 102 Å². The van der Waals surface area contributed by atoms with Gasteiger partial charge < -0.3 is 39.9 Å². The molecule has 4 amide bonds. The lowest BCUT2D eigenvalue weighted by molar-refractivity contribution is -0.160. The molecule has 2 aromatic heterocycles. The highest BCUT2D eigenvalue weighted by molar-refractivity contribution is 14.1. The zero-order chi connectivity index (χ0) is 53.5. The number of alkyl carbamates (subject to hydrolysis) is 2. The standard InChI is InChI=1S/C55H60F5IN8O6/c1-29(2)46(66-52(72)74-27-54(56,57)58)50(70)68-20-6-9-45(68)49-63-41-19-17-37(26-43(41)65-49)39-24-34-15-14-33(39)12-10-32-11-13-35(22-31(34)5)38(23-32)36-16-18-40-42(25-36)64-48(62-40)44-8-7-21-69(44)51(71)47(30(3)4)67-53(73)75-28-55(59,60)61/h11,13-19,23-26,29-31,44-47H,6-10,12,20-22,27-28H2,1-5H3,(H,62,64)(H,63,65)(H,66,72)(H,67,73)/t31-,44+,45+,46+,47+/m1/s1. The summed E-state index contributed by atoms with van der Waals surface area (Å²) < 4.78 is 70.8. The SMILES string of the molecule is CC(C)[C@H](NC(=O)OCC(F)(F)F)C(=O)N1CCC[C@H]1c1nc2ccc(-c3cc4ccc3CCc3ccc(c(-c5ccc6nc([C@@H]7CCCN7C(=O)[C@@H](NC(=O)OCC(F)(F)I)C(C)C)[nH]c6c5)c3)C[C@H]4C)cc2[nH]1. The van der Waals surface area contributed by atoms with Crippen molar-refractivity contribution < 1.29 is 50.6 Å². The Morgan fingerprint density at radius 2 is 1.19 bits per heavy atom. The highest BCUT2D eigenvalue weighted by Crippen LogP contribution is 2.39. The first-order valence-electron chi connectivity index (χ1n) is 25.4. The first-order chi connectivity index (χ1) is 35.6. The van der Waals surface area contributed by atoms with Crippen LogP contribution in [0.1, 0.15) is 112 Å². The van der Waals surface area contributed by atoms with Crippen molar-refractivity contribution in [2.75, 3.05) is 26.3 Å². The van der Waals surface area contributed by atoms with Gasteiger partial charge in [-0.15, -0.1) is 0 Å². The fraction of sp³-hybridized carbons (Fsp3) is 0.455. The van der Waals surface area contributed by atoms with Crippen molar-refractivity contribution in [3.63, 3.8) is 0 Å². The van der Waals surface area contributed by atoms with Gasteiger partial charge in [0.05, 0.1) is 34.2 Å². The van der Waals surface area contributed by atoms with Gasteiger partial charge in [0.15, 0.2) is 13.2 Å². The molecule has 0 radical (unpaired) electrons. The second kappa shape index (κ2) is 21.7. The maximum absolute atomic E-state index is 14.0. The first-order valence-corrected chi connectivity index (χ1v) is 26.5. The molecule has 0 saturated carbocycles. The van der Waals surface area contributed by atoms with Crippen LogP contribution in [0.5, 0.6) is 0 Å². The predicted molar refractivity (Wildman–Crippen MR) is 281 cm³/mol. The lowest BCUT2D eigenvalue weighted by atomic mass is 9.84. The van der Waals surface area contributed by atoms with E-state index in [9.17, 15) is 41.1 Å². The minimum atomic E-state index is -4.70. The fourth-order valence-corrected chi connectivity index (χ4v) is 10.9. The van der Waals surface area contributed by atoms with Crippen LogP contribution >= 0.6 is 22.6 Å². The summed E-state index contributed by atoms with van der Waals surface area (Å²) in [6.45, 7) is 7.20. The Hall–Kier alpha value is -6.32. The summed E-state index contributed by atoms with van der Waals surface area (Å²) in [5.41, 5.74) is 12.2. The fourth-order valence-electron chi connectivity index (χ4n) is 10.7. The molecule has 6 aliphatic rings. The lowest BCUT2D eigenvalue weighted by Crippen LogP contribution is -2.51. The molecule has 6 aromatic rings. The quantitative estimate of drug-likeness (QED) is 0.0502. The van der Waals surface area contributed by atoms with E-state index in [1.54, 1.807) is 37.5 Å². The third-order valence-electron chi connectivity index (χ3n) is 14.6. The van der Waals surface area contributed by atoms with E-state index in [0.717, 1.165) is 92.6 Å². The summed E-state index contributed by atoms with van der Waals surface area (Å²) >= 11 is 0.896. The Bertz CT molecular complexity index is 3120. The number of amides is 4. The summed E-state index contributed by atoms with van der Waals surface area (Å²) in [4.78, 5) is 72.8. The van der Waals surface area contributed by atoms with E-state index in [2.05, 4.69) is 92.9 Å². The molecule has 75 heavy (non-hydrogen) atoms. The van der Waals surface area contributed by atoms with E-state index < -0.39 is 65.5 Å². The van der Waals surface area contributed by atoms with Crippen LogP contribution in [0.3, 0.4) is 0 Å². The van der Waals surface area contributed by atoms with Crippen molar-refractivity contribution in [2.45, 2.75) is 120 Å². The Morgan fingerprint density at radius 1 is 0.680 bits per heavy atom. The third-order valence-corrected chi connectivity index (χ3v) is 14.9. The van der Waals surface area contributed by atoms with E-state index in [0.29, 0.717) is 44.0 Å². The average molecular weight is 1150 g/mol. The summed E-state index contributed by atoms with van der Waals surface area (Å²) in [6.07, 6.45) is -2.08. The lowest BCUT2D eigenvalue weighted by Gasteiger charge is -2.30. The molecule has 4 N–H and O–H groups in total. The molecular formula is C55H60F5IN8O6. The Balaban J connectivity index is 0.920. The molecular weight excluding hydrogens is 1090 g/mol. The number of aromatic nitrogens is 4. The smallest absolute Gasteiger partial charge is 0.422 e. The van der Waals surface area contributed by atoms with Crippen LogP contribution in [0.4, 0.5) is 31.5 Å². The monoisotopic (exact) mass is 1150 g/mol.